The van der Waals surface area contributed by atoms with E-state index in [1.807, 2.05) is 11.8 Å². The van der Waals surface area contributed by atoms with E-state index in [9.17, 15) is 4.79 Å². The topological polar surface area (TPSA) is 17.1 Å². The highest BCUT2D eigenvalue weighted by Crippen LogP contribution is 2.47. The second-order valence-corrected chi connectivity index (χ2v) is 7.23. The highest BCUT2D eigenvalue weighted by molar-refractivity contribution is 8.01. The third-order valence-electron chi connectivity index (χ3n) is 4.20. The van der Waals surface area contributed by atoms with Gasteiger partial charge in [0.15, 0.2) is 5.78 Å². The first-order chi connectivity index (χ1) is 7.07. The number of thioether (sulfide) groups is 1. The highest BCUT2D eigenvalue weighted by Gasteiger charge is 2.46. The maximum Gasteiger partial charge on any atom is 0.154 e. The normalized spacial score (nSPS) is 35.3. The minimum Gasteiger partial charge on any atom is -0.298 e. The van der Waals surface area contributed by atoms with Gasteiger partial charge in [-0.2, -0.15) is 0 Å². The van der Waals surface area contributed by atoms with E-state index in [1.54, 1.807) is 0 Å². The quantitative estimate of drug-likeness (QED) is 0.712. The zero-order chi connectivity index (χ0) is 10.9. The van der Waals surface area contributed by atoms with Crippen LogP contribution < -0.4 is 0 Å². The number of rotatable bonds is 2. The number of Topliss-reactive ketones (excluding diaryl/α,β-unsaturated/α-hetero) is 1. The molecule has 2 aliphatic rings. The summed E-state index contributed by atoms with van der Waals surface area (Å²) in [6.45, 7) is 4.38. The van der Waals surface area contributed by atoms with E-state index in [1.165, 1.54) is 31.4 Å². The van der Waals surface area contributed by atoms with E-state index in [4.69, 9.17) is 0 Å². The van der Waals surface area contributed by atoms with Gasteiger partial charge in [-0.05, 0) is 38.4 Å². The van der Waals surface area contributed by atoms with E-state index < -0.39 is 0 Å². The first-order valence-corrected chi connectivity index (χ1v) is 7.24. The van der Waals surface area contributed by atoms with Crippen LogP contribution in [-0.2, 0) is 4.79 Å². The maximum absolute atomic E-state index is 12.6. The predicted octanol–water partition coefficient (Wildman–Crippen LogP) is 3.81. The molecule has 0 radical (unpaired) electrons. The number of carbonyl (C=O) groups excluding carboxylic acids is 1. The minimum atomic E-state index is -0.0495. The molecule has 1 nitrogen and oxygen atoms in total. The van der Waals surface area contributed by atoms with Crippen LogP contribution in [-0.4, -0.2) is 16.3 Å². The van der Waals surface area contributed by atoms with Gasteiger partial charge in [0.05, 0.1) is 4.75 Å². The van der Waals surface area contributed by atoms with Crippen LogP contribution in [0.15, 0.2) is 0 Å². The lowest BCUT2D eigenvalue weighted by molar-refractivity contribution is -0.131. The lowest BCUT2D eigenvalue weighted by Gasteiger charge is -2.38. The molecule has 1 unspecified atom stereocenters. The molecule has 0 spiro atoms. The van der Waals surface area contributed by atoms with Crippen LogP contribution in [0, 0.1) is 5.41 Å². The summed E-state index contributed by atoms with van der Waals surface area (Å²) in [5.74, 6) is 1.73. The van der Waals surface area contributed by atoms with Crippen molar-refractivity contribution in [1.82, 2.24) is 0 Å². The Morgan fingerprint density at radius 1 is 1.00 bits per heavy atom. The van der Waals surface area contributed by atoms with Gasteiger partial charge in [-0.15, -0.1) is 11.8 Å². The Bertz CT molecular complexity index is 247. The van der Waals surface area contributed by atoms with Crippen LogP contribution in [0.1, 0.15) is 58.8 Å². The molecule has 1 saturated heterocycles. The number of ketones is 1. The number of carbonyl (C=O) groups is 1. The second-order valence-electron chi connectivity index (χ2n) is 5.63. The van der Waals surface area contributed by atoms with Crippen LogP contribution in [0.25, 0.3) is 0 Å². The minimum absolute atomic E-state index is 0.00431. The van der Waals surface area contributed by atoms with Crippen molar-refractivity contribution >= 4 is 17.5 Å². The van der Waals surface area contributed by atoms with Crippen LogP contribution >= 0.6 is 11.8 Å². The van der Waals surface area contributed by atoms with Gasteiger partial charge in [0, 0.05) is 5.41 Å². The monoisotopic (exact) mass is 226 g/mol. The standard InChI is InChI=1S/C13H22OS/c1-12(7-4-3-5-8-12)11(14)13(2)9-6-10-15-13/h3-10H2,1-2H3. The average Bonchev–Trinajstić information content (AvgIpc) is 2.66. The molecule has 1 saturated carbocycles. The van der Waals surface area contributed by atoms with Crippen molar-refractivity contribution in [3.63, 3.8) is 0 Å². The van der Waals surface area contributed by atoms with Crippen molar-refractivity contribution in [2.75, 3.05) is 5.75 Å². The van der Waals surface area contributed by atoms with Crippen molar-refractivity contribution in [2.24, 2.45) is 5.41 Å². The number of hydrogen-bond acceptors (Lipinski definition) is 2. The van der Waals surface area contributed by atoms with Crippen LogP contribution in [0.2, 0.25) is 0 Å². The third-order valence-corrected chi connectivity index (χ3v) is 5.72. The first-order valence-electron chi connectivity index (χ1n) is 6.26. The predicted molar refractivity (Wildman–Crippen MR) is 66.3 cm³/mol. The molecule has 86 valence electrons. The molecule has 1 heterocycles. The summed E-state index contributed by atoms with van der Waals surface area (Å²) < 4.78 is -0.0495. The molecular weight excluding hydrogens is 204 g/mol. The molecule has 0 aromatic heterocycles. The van der Waals surface area contributed by atoms with Crippen LogP contribution in [0.4, 0.5) is 0 Å². The lowest BCUT2D eigenvalue weighted by Crippen LogP contribution is -2.42. The fourth-order valence-corrected chi connectivity index (χ4v) is 4.56. The smallest absolute Gasteiger partial charge is 0.154 e. The Morgan fingerprint density at radius 2 is 1.67 bits per heavy atom. The maximum atomic E-state index is 12.6. The molecule has 1 aliphatic heterocycles. The molecular formula is C13H22OS. The molecule has 2 fully saturated rings. The molecule has 0 aromatic rings. The SMILES string of the molecule is CC1(C(=O)C2(C)CCCS2)CCCCC1. The Hall–Kier alpha value is 0.0200. The fourth-order valence-electron chi connectivity index (χ4n) is 3.16. The summed E-state index contributed by atoms with van der Waals surface area (Å²) in [6, 6.07) is 0. The highest BCUT2D eigenvalue weighted by atomic mass is 32.2. The van der Waals surface area contributed by atoms with Crippen LogP contribution in [0.3, 0.4) is 0 Å². The molecule has 0 aromatic carbocycles. The molecule has 0 N–H and O–H groups in total. The van der Waals surface area contributed by atoms with Crippen molar-refractivity contribution in [3.05, 3.63) is 0 Å². The molecule has 0 bridgehead atoms. The zero-order valence-corrected chi connectivity index (χ0v) is 10.8. The summed E-state index contributed by atoms with van der Waals surface area (Å²) in [4.78, 5) is 12.6. The molecule has 1 aliphatic carbocycles. The van der Waals surface area contributed by atoms with E-state index in [2.05, 4.69) is 13.8 Å². The first kappa shape index (κ1) is 11.5. The molecule has 15 heavy (non-hydrogen) atoms. The van der Waals surface area contributed by atoms with E-state index in [0.29, 0.717) is 5.78 Å². The van der Waals surface area contributed by atoms with E-state index >= 15 is 0 Å². The van der Waals surface area contributed by atoms with Gasteiger partial charge in [-0.1, -0.05) is 26.2 Å². The van der Waals surface area contributed by atoms with Gasteiger partial charge in [-0.3, -0.25) is 4.79 Å². The average molecular weight is 226 g/mol. The largest absolute Gasteiger partial charge is 0.298 e. The molecule has 1 atom stereocenters. The van der Waals surface area contributed by atoms with Gasteiger partial charge in [0.25, 0.3) is 0 Å². The van der Waals surface area contributed by atoms with Gasteiger partial charge < -0.3 is 0 Å². The van der Waals surface area contributed by atoms with Gasteiger partial charge >= 0.3 is 0 Å². The van der Waals surface area contributed by atoms with E-state index in [0.717, 1.165) is 19.3 Å². The zero-order valence-electron chi connectivity index (χ0n) is 9.97. The van der Waals surface area contributed by atoms with E-state index in [-0.39, 0.29) is 10.2 Å². The number of hydrogen-bond donors (Lipinski definition) is 0. The van der Waals surface area contributed by atoms with Crippen LogP contribution in [0.5, 0.6) is 0 Å². The molecule has 2 heteroatoms. The lowest BCUT2D eigenvalue weighted by atomic mass is 9.69. The summed E-state index contributed by atoms with van der Waals surface area (Å²) in [5.41, 5.74) is 0.00431. The summed E-state index contributed by atoms with van der Waals surface area (Å²) >= 11 is 1.90. The third kappa shape index (κ3) is 2.11. The van der Waals surface area contributed by atoms with Crippen molar-refractivity contribution in [3.8, 4) is 0 Å². The summed E-state index contributed by atoms with van der Waals surface area (Å²) in [6.07, 6.45) is 8.41. The molecule has 2 rings (SSSR count). The Kier molecular flexibility index (Phi) is 3.16. The molecule has 0 amide bonds. The fraction of sp³-hybridized carbons (Fsp3) is 0.923. The van der Waals surface area contributed by atoms with Gasteiger partial charge in [-0.25, -0.2) is 0 Å². The van der Waals surface area contributed by atoms with Gasteiger partial charge in [0.1, 0.15) is 0 Å². The Balaban J connectivity index is 2.11. The summed E-state index contributed by atoms with van der Waals surface area (Å²) in [7, 11) is 0. The second kappa shape index (κ2) is 4.12. The van der Waals surface area contributed by atoms with Crippen molar-refractivity contribution < 1.29 is 4.79 Å². The Morgan fingerprint density at radius 3 is 2.20 bits per heavy atom. The Labute approximate surface area is 97.4 Å². The van der Waals surface area contributed by atoms with Gasteiger partial charge in [0.2, 0.25) is 0 Å². The van der Waals surface area contributed by atoms with Crippen molar-refractivity contribution in [1.29, 1.82) is 0 Å². The summed E-state index contributed by atoms with van der Waals surface area (Å²) in [5, 5.41) is 0. The van der Waals surface area contributed by atoms with Crippen molar-refractivity contribution in [2.45, 2.75) is 63.5 Å².